The number of aryl methyl sites for hydroxylation is 2. The average Bonchev–Trinajstić information content (AvgIpc) is 2.56. The van der Waals surface area contributed by atoms with E-state index in [0.717, 1.165) is 5.56 Å². The molecule has 0 radical (unpaired) electrons. The van der Waals surface area contributed by atoms with E-state index in [4.69, 9.17) is 4.74 Å². The van der Waals surface area contributed by atoms with Crippen LogP contribution in [0.4, 0.5) is 0 Å². The first kappa shape index (κ1) is 19.4. The van der Waals surface area contributed by atoms with Crippen LogP contribution >= 0.6 is 0 Å². The van der Waals surface area contributed by atoms with E-state index in [9.17, 15) is 19.5 Å². The molecule has 0 aliphatic rings. The minimum atomic E-state index is -0.849. The van der Waals surface area contributed by atoms with Crippen molar-refractivity contribution < 1.29 is 19.4 Å². The van der Waals surface area contributed by atoms with Crippen LogP contribution in [0.3, 0.4) is 0 Å². The number of carbonyl (C=O) groups is 2. The molecule has 0 unspecified atom stereocenters. The van der Waals surface area contributed by atoms with Gasteiger partial charge in [0.2, 0.25) is 0 Å². The van der Waals surface area contributed by atoms with E-state index in [1.807, 2.05) is 6.92 Å². The number of hydrogen-bond donors (Lipinski definition) is 2. The van der Waals surface area contributed by atoms with Crippen LogP contribution in [0.5, 0.6) is 5.75 Å². The Morgan fingerprint density at radius 2 is 2.00 bits per heavy atom. The summed E-state index contributed by atoms with van der Waals surface area (Å²) in [6, 6.07) is 1.68. The minimum Gasteiger partial charge on any atom is -0.506 e. The Balaban J connectivity index is 2.38. The first-order valence-electron chi connectivity index (χ1n) is 8.25. The largest absolute Gasteiger partial charge is 0.506 e. The van der Waals surface area contributed by atoms with Crippen LogP contribution in [0.15, 0.2) is 17.1 Å². The first-order chi connectivity index (χ1) is 12.0. The number of carbonyl (C=O) groups excluding carboxylic acids is 2. The normalized spacial score (nSPS) is 11.4. The molecule has 8 nitrogen and oxygen atoms in total. The molecule has 26 heavy (non-hydrogen) atoms. The van der Waals surface area contributed by atoms with Crippen LogP contribution in [0.2, 0.25) is 0 Å². The molecule has 140 valence electrons. The predicted octanol–water partition coefficient (Wildman–Crippen LogP) is 1.27. The van der Waals surface area contributed by atoms with Gasteiger partial charge in [-0.3, -0.25) is 19.0 Å². The van der Waals surface area contributed by atoms with E-state index < -0.39 is 40.9 Å². The molecule has 0 spiro atoms. The average molecular weight is 361 g/mol. The second-order valence-corrected chi connectivity index (χ2v) is 6.93. The molecule has 2 N–H and O–H groups in total. The van der Waals surface area contributed by atoms with Crippen LogP contribution in [0, 0.1) is 0 Å². The summed E-state index contributed by atoms with van der Waals surface area (Å²) in [5.41, 5.74) is -0.697. The van der Waals surface area contributed by atoms with Crippen LogP contribution in [0.1, 0.15) is 43.6 Å². The Morgan fingerprint density at radius 3 is 2.58 bits per heavy atom. The summed E-state index contributed by atoms with van der Waals surface area (Å²) in [5.74, 6) is -1.94. The van der Waals surface area contributed by atoms with Crippen LogP contribution in [0.25, 0.3) is 11.0 Å². The van der Waals surface area contributed by atoms with E-state index >= 15 is 0 Å². The quantitative estimate of drug-likeness (QED) is 0.794. The van der Waals surface area contributed by atoms with Gasteiger partial charge in [0.25, 0.3) is 11.5 Å². The van der Waals surface area contributed by atoms with Gasteiger partial charge in [0, 0.05) is 13.2 Å². The summed E-state index contributed by atoms with van der Waals surface area (Å²) in [7, 11) is 1.47. The highest BCUT2D eigenvalue weighted by Gasteiger charge is 2.23. The van der Waals surface area contributed by atoms with E-state index in [2.05, 4.69) is 10.3 Å². The molecule has 0 bridgehead atoms. The molecule has 0 saturated carbocycles. The number of nitrogens with one attached hydrogen (secondary N) is 1. The maximum Gasteiger partial charge on any atom is 0.325 e. The third kappa shape index (κ3) is 4.01. The van der Waals surface area contributed by atoms with Gasteiger partial charge in [-0.2, -0.15) is 0 Å². The van der Waals surface area contributed by atoms with E-state index in [-0.39, 0.29) is 5.65 Å². The molecule has 0 aliphatic carbocycles. The smallest absolute Gasteiger partial charge is 0.325 e. The van der Waals surface area contributed by atoms with Crippen molar-refractivity contribution in [3.63, 3.8) is 0 Å². The lowest BCUT2D eigenvalue weighted by Crippen LogP contribution is -2.37. The third-order valence-electron chi connectivity index (χ3n) is 3.70. The number of aromatic nitrogens is 2. The highest BCUT2D eigenvalue weighted by Crippen LogP contribution is 2.25. The molecule has 0 fully saturated rings. The van der Waals surface area contributed by atoms with Gasteiger partial charge in [0.15, 0.2) is 0 Å². The van der Waals surface area contributed by atoms with Crippen molar-refractivity contribution in [2.75, 3.05) is 6.54 Å². The molecular formula is C18H23N3O5. The zero-order valence-corrected chi connectivity index (χ0v) is 15.5. The number of amides is 1. The number of ether oxygens (including phenoxy) is 1. The fourth-order valence-electron chi connectivity index (χ4n) is 2.46. The van der Waals surface area contributed by atoms with E-state index in [0.29, 0.717) is 11.8 Å². The Labute approximate surface area is 150 Å². The highest BCUT2D eigenvalue weighted by atomic mass is 16.6. The molecule has 8 heteroatoms. The monoisotopic (exact) mass is 361 g/mol. The molecule has 2 rings (SSSR count). The van der Waals surface area contributed by atoms with E-state index in [1.165, 1.54) is 11.6 Å². The van der Waals surface area contributed by atoms with Crippen molar-refractivity contribution in [3.8, 4) is 5.75 Å². The SMILES string of the molecule is CCc1cnc2c(c1)c(O)c(C(=O)NCC(=O)OC(C)(C)C)c(=O)n2C. The van der Waals surface area contributed by atoms with Gasteiger partial charge in [0.1, 0.15) is 29.1 Å². The lowest BCUT2D eigenvalue weighted by atomic mass is 10.1. The molecule has 2 aromatic rings. The lowest BCUT2D eigenvalue weighted by molar-refractivity contribution is -0.153. The van der Waals surface area contributed by atoms with Crippen molar-refractivity contribution >= 4 is 22.9 Å². The van der Waals surface area contributed by atoms with Gasteiger partial charge in [-0.25, -0.2) is 4.98 Å². The topological polar surface area (TPSA) is 111 Å². The standard InChI is InChI=1S/C18H23N3O5/c1-6-10-7-11-14(23)13(17(25)21(5)15(11)19-8-10)16(24)20-9-12(22)26-18(2,3)4/h7-8,23H,6,9H2,1-5H3,(H,20,24). The van der Waals surface area contributed by atoms with Gasteiger partial charge in [-0.1, -0.05) is 6.92 Å². The number of esters is 1. The summed E-state index contributed by atoms with van der Waals surface area (Å²) in [6.45, 7) is 6.63. The number of pyridine rings is 2. The summed E-state index contributed by atoms with van der Waals surface area (Å²) < 4.78 is 6.29. The molecular weight excluding hydrogens is 338 g/mol. The second-order valence-electron chi connectivity index (χ2n) is 6.93. The van der Waals surface area contributed by atoms with Gasteiger partial charge in [-0.05, 0) is 38.8 Å². The Kier molecular flexibility index (Phi) is 5.34. The van der Waals surface area contributed by atoms with Crippen LogP contribution < -0.4 is 10.9 Å². The number of rotatable bonds is 4. The Hall–Kier alpha value is -2.90. The first-order valence-corrected chi connectivity index (χ1v) is 8.25. The second kappa shape index (κ2) is 7.15. The predicted molar refractivity (Wildman–Crippen MR) is 96.2 cm³/mol. The maximum absolute atomic E-state index is 12.5. The molecule has 0 aliphatic heterocycles. The highest BCUT2D eigenvalue weighted by molar-refractivity contribution is 6.02. The van der Waals surface area contributed by atoms with Crippen molar-refractivity contribution in [1.82, 2.24) is 14.9 Å². The number of hydrogen-bond acceptors (Lipinski definition) is 6. The molecule has 2 heterocycles. The number of nitrogens with zero attached hydrogens (tertiary/aromatic N) is 2. The summed E-state index contributed by atoms with van der Waals surface area (Å²) in [5, 5.41) is 13.1. The summed E-state index contributed by atoms with van der Waals surface area (Å²) >= 11 is 0. The van der Waals surface area contributed by atoms with Gasteiger partial charge in [0.05, 0.1) is 5.39 Å². The zero-order valence-electron chi connectivity index (χ0n) is 15.5. The molecule has 0 atom stereocenters. The van der Waals surface area contributed by atoms with Crippen LogP contribution in [-0.4, -0.2) is 38.7 Å². The molecule has 0 saturated heterocycles. The molecule has 1 amide bonds. The molecule has 2 aromatic heterocycles. The van der Waals surface area contributed by atoms with E-state index in [1.54, 1.807) is 33.0 Å². The fraction of sp³-hybridized carbons (Fsp3) is 0.444. The maximum atomic E-state index is 12.5. The van der Waals surface area contributed by atoms with Crippen molar-refractivity contribution in [2.24, 2.45) is 7.05 Å². The van der Waals surface area contributed by atoms with Gasteiger partial charge >= 0.3 is 5.97 Å². The van der Waals surface area contributed by atoms with Crippen molar-refractivity contribution in [3.05, 3.63) is 33.7 Å². The van der Waals surface area contributed by atoms with Crippen molar-refractivity contribution in [2.45, 2.75) is 39.7 Å². The van der Waals surface area contributed by atoms with Gasteiger partial charge < -0.3 is 15.2 Å². The molecule has 0 aromatic carbocycles. The summed E-state index contributed by atoms with van der Waals surface area (Å²) in [6.07, 6.45) is 2.30. The van der Waals surface area contributed by atoms with Crippen LogP contribution in [-0.2, 0) is 23.0 Å². The number of fused-ring (bicyclic) bond motifs is 1. The Morgan fingerprint density at radius 1 is 1.35 bits per heavy atom. The fourth-order valence-corrected chi connectivity index (χ4v) is 2.46. The van der Waals surface area contributed by atoms with Gasteiger partial charge in [-0.15, -0.1) is 0 Å². The lowest BCUT2D eigenvalue weighted by Gasteiger charge is -2.19. The van der Waals surface area contributed by atoms with Crippen molar-refractivity contribution in [1.29, 1.82) is 0 Å². The zero-order chi connectivity index (χ0) is 19.6. The third-order valence-corrected chi connectivity index (χ3v) is 3.70. The Bertz CT molecular complexity index is 925. The minimum absolute atomic E-state index is 0.272. The summed E-state index contributed by atoms with van der Waals surface area (Å²) in [4.78, 5) is 40.8. The number of aromatic hydroxyl groups is 1.